The first-order valence-corrected chi connectivity index (χ1v) is 10.2. The monoisotopic (exact) mass is 367 g/mol. The first-order chi connectivity index (χ1) is 13.1. The summed E-state index contributed by atoms with van der Waals surface area (Å²) in [6, 6.07) is 15.9. The summed E-state index contributed by atoms with van der Waals surface area (Å²) in [5, 5.41) is 0. The predicted molar refractivity (Wildman–Crippen MR) is 114 cm³/mol. The Morgan fingerprint density at radius 2 is 1.41 bits per heavy atom. The summed E-state index contributed by atoms with van der Waals surface area (Å²) in [7, 11) is 0. The van der Waals surface area contributed by atoms with Crippen molar-refractivity contribution in [1.29, 1.82) is 0 Å². The van der Waals surface area contributed by atoms with Crippen LogP contribution in [0.5, 0.6) is 5.75 Å². The van der Waals surface area contributed by atoms with Gasteiger partial charge in [0.2, 0.25) is 0 Å². The summed E-state index contributed by atoms with van der Waals surface area (Å²) in [5.41, 5.74) is 2.99. The van der Waals surface area contributed by atoms with Gasteiger partial charge in [0, 0.05) is 12.1 Å². The van der Waals surface area contributed by atoms with Crippen LogP contribution in [-0.4, -0.2) is 36.9 Å². The van der Waals surface area contributed by atoms with E-state index in [2.05, 4.69) is 30.9 Å². The molecule has 0 aliphatic carbocycles. The van der Waals surface area contributed by atoms with Crippen molar-refractivity contribution in [3.8, 4) is 16.9 Å². The molecule has 3 rings (SSSR count). The molecule has 27 heavy (non-hydrogen) atoms. The van der Waals surface area contributed by atoms with Gasteiger partial charge in [0.05, 0.1) is 0 Å². The average Bonchev–Trinajstić information content (AvgIpc) is 2.70. The lowest BCUT2D eigenvalue weighted by Gasteiger charge is -2.26. The highest BCUT2D eigenvalue weighted by molar-refractivity contribution is 5.94. The maximum atomic E-state index is 11.3. The number of likely N-dealkylation sites (tertiary alicyclic amines) is 1. The van der Waals surface area contributed by atoms with Crippen LogP contribution in [0.15, 0.2) is 48.5 Å². The van der Waals surface area contributed by atoms with Gasteiger partial charge in [-0.25, -0.2) is 0 Å². The topological polar surface area (TPSA) is 29.5 Å². The second-order valence-corrected chi connectivity index (χ2v) is 7.12. The molecule has 0 bridgehead atoms. The Kier molecular flexibility index (Phi) is 9.06. The van der Waals surface area contributed by atoms with Gasteiger partial charge in [0.15, 0.2) is 5.78 Å². The molecule has 0 spiro atoms. The van der Waals surface area contributed by atoms with Gasteiger partial charge in [0.1, 0.15) is 12.4 Å². The number of rotatable bonds is 6. The van der Waals surface area contributed by atoms with Gasteiger partial charge in [-0.05, 0) is 56.1 Å². The van der Waals surface area contributed by atoms with Gasteiger partial charge in [0.25, 0.3) is 0 Å². The van der Waals surface area contributed by atoms with Crippen molar-refractivity contribution in [1.82, 2.24) is 4.90 Å². The van der Waals surface area contributed by atoms with Crippen molar-refractivity contribution in [2.45, 2.75) is 46.5 Å². The molecule has 0 saturated carbocycles. The lowest BCUT2D eigenvalue weighted by atomic mass is 10.0. The van der Waals surface area contributed by atoms with Gasteiger partial charge in [-0.1, -0.05) is 63.1 Å². The molecule has 0 atom stereocenters. The van der Waals surface area contributed by atoms with Crippen molar-refractivity contribution in [3.05, 3.63) is 54.1 Å². The Morgan fingerprint density at radius 3 is 1.93 bits per heavy atom. The fourth-order valence-corrected chi connectivity index (χ4v) is 3.12. The Morgan fingerprint density at radius 1 is 0.889 bits per heavy atom. The van der Waals surface area contributed by atoms with Crippen molar-refractivity contribution in [3.63, 3.8) is 0 Å². The Balaban J connectivity index is 0.000000817. The summed E-state index contributed by atoms with van der Waals surface area (Å²) in [6.07, 6.45) is 5.25. The molecule has 2 aromatic rings. The fourth-order valence-electron chi connectivity index (χ4n) is 3.12. The molecule has 0 amide bonds. The Hall–Kier alpha value is -2.13. The van der Waals surface area contributed by atoms with Gasteiger partial charge in [-0.2, -0.15) is 0 Å². The second kappa shape index (κ2) is 11.6. The van der Waals surface area contributed by atoms with Crippen LogP contribution in [0.4, 0.5) is 0 Å². The second-order valence-electron chi connectivity index (χ2n) is 7.12. The molecule has 1 saturated heterocycles. The maximum Gasteiger partial charge on any atom is 0.159 e. The van der Waals surface area contributed by atoms with E-state index in [1.54, 1.807) is 6.92 Å². The van der Waals surface area contributed by atoms with Crippen LogP contribution >= 0.6 is 0 Å². The van der Waals surface area contributed by atoms with E-state index in [0.717, 1.165) is 35.6 Å². The molecular formula is C24H33NO2. The van der Waals surface area contributed by atoms with E-state index in [-0.39, 0.29) is 5.78 Å². The highest BCUT2D eigenvalue weighted by Crippen LogP contribution is 2.23. The van der Waals surface area contributed by atoms with Crippen LogP contribution in [-0.2, 0) is 0 Å². The lowest BCUT2D eigenvalue weighted by Crippen LogP contribution is -2.33. The number of benzene rings is 2. The van der Waals surface area contributed by atoms with E-state index < -0.39 is 0 Å². The van der Waals surface area contributed by atoms with Crippen LogP contribution < -0.4 is 4.74 Å². The summed E-state index contributed by atoms with van der Waals surface area (Å²) in [4.78, 5) is 13.8. The third-order valence-corrected chi connectivity index (χ3v) is 4.60. The van der Waals surface area contributed by atoms with Gasteiger partial charge in [-0.3, -0.25) is 9.69 Å². The number of piperidine rings is 1. The van der Waals surface area contributed by atoms with E-state index in [1.165, 1.54) is 38.8 Å². The highest BCUT2D eigenvalue weighted by Gasteiger charge is 2.09. The molecule has 1 aliphatic rings. The molecule has 1 heterocycles. The molecule has 146 valence electrons. The van der Waals surface area contributed by atoms with Crippen LogP contribution in [0.25, 0.3) is 11.1 Å². The molecule has 3 heteroatoms. The largest absolute Gasteiger partial charge is 0.492 e. The van der Waals surface area contributed by atoms with E-state index in [0.29, 0.717) is 0 Å². The molecule has 1 aliphatic heterocycles. The summed E-state index contributed by atoms with van der Waals surface area (Å²) >= 11 is 0. The normalized spacial score (nSPS) is 14.2. The summed E-state index contributed by atoms with van der Waals surface area (Å²) in [5.74, 6) is 1.01. The minimum Gasteiger partial charge on any atom is -0.492 e. The standard InChI is InChI=1S/C21H25NO2.C3H8/c1-17(23)18-5-7-19(8-6-18)20-9-11-21(12-10-20)24-16-15-22-13-3-2-4-14-22;1-3-2/h5-12H,2-4,13-16H2,1H3;3H2,1-2H3. The quantitative estimate of drug-likeness (QED) is 0.601. The molecule has 1 fully saturated rings. The molecule has 2 aromatic carbocycles. The minimum absolute atomic E-state index is 0.0963. The van der Waals surface area contributed by atoms with Crippen molar-refractivity contribution in [2.24, 2.45) is 0 Å². The Bertz CT molecular complexity index is 671. The zero-order chi connectivity index (χ0) is 19.5. The first-order valence-electron chi connectivity index (χ1n) is 10.2. The smallest absolute Gasteiger partial charge is 0.159 e. The third-order valence-electron chi connectivity index (χ3n) is 4.60. The van der Waals surface area contributed by atoms with E-state index in [1.807, 2.05) is 36.4 Å². The van der Waals surface area contributed by atoms with E-state index in [9.17, 15) is 4.79 Å². The minimum atomic E-state index is 0.0963. The van der Waals surface area contributed by atoms with Crippen LogP contribution in [0.3, 0.4) is 0 Å². The van der Waals surface area contributed by atoms with E-state index >= 15 is 0 Å². The number of Topliss-reactive ketones (excluding diaryl/α,β-unsaturated/α-hetero) is 1. The number of carbonyl (C=O) groups is 1. The molecule has 3 nitrogen and oxygen atoms in total. The van der Waals surface area contributed by atoms with Crippen LogP contribution in [0.2, 0.25) is 0 Å². The fraction of sp³-hybridized carbons (Fsp3) is 0.458. The average molecular weight is 368 g/mol. The molecule has 0 N–H and O–H groups in total. The van der Waals surface area contributed by atoms with Crippen LogP contribution in [0.1, 0.15) is 56.8 Å². The third kappa shape index (κ3) is 7.18. The first kappa shape index (κ1) is 21.2. The predicted octanol–water partition coefficient (Wildman–Crippen LogP) is 5.84. The number of ketones is 1. The van der Waals surface area contributed by atoms with E-state index in [4.69, 9.17) is 4.74 Å². The van der Waals surface area contributed by atoms with Crippen molar-refractivity contribution in [2.75, 3.05) is 26.2 Å². The maximum absolute atomic E-state index is 11.3. The molecule has 0 aromatic heterocycles. The molecular weight excluding hydrogens is 334 g/mol. The van der Waals surface area contributed by atoms with Gasteiger partial charge < -0.3 is 4.74 Å². The van der Waals surface area contributed by atoms with Crippen LogP contribution in [0, 0.1) is 0 Å². The molecule has 0 radical (unpaired) electrons. The van der Waals surface area contributed by atoms with Gasteiger partial charge >= 0.3 is 0 Å². The number of nitrogens with zero attached hydrogens (tertiary/aromatic N) is 1. The van der Waals surface area contributed by atoms with Crippen molar-refractivity contribution >= 4 is 5.78 Å². The van der Waals surface area contributed by atoms with Gasteiger partial charge in [-0.15, -0.1) is 0 Å². The zero-order valence-corrected chi connectivity index (χ0v) is 17.0. The summed E-state index contributed by atoms with van der Waals surface area (Å²) in [6.45, 7) is 10.0. The zero-order valence-electron chi connectivity index (χ0n) is 17.0. The summed E-state index contributed by atoms with van der Waals surface area (Å²) < 4.78 is 5.86. The number of hydrogen-bond acceptors (Lipinski definition) is 3. The number of carbonyl (C=O) groups excluding carboxylic acids is 1. The Labute approximate surface area is 164 Å². The number of hydrogen-bond donors (Lipinski definition) is 0. The SMILES string of the molecule is CC(=O)c1ccc(-c2ccc(OCCN3CCCCC3)cc2)cc1.CCC. The lowest BCUT2D eigenvalue weighted by molar-refractivity contribution is 0.101. The number of ether oxygens (including phenoxy) is 1. The van der Waals surface area contributed by atoms with Crippen molar-refractivity contribution < 1.29 is 9.53 Å². The highest BCUT2D eigenvalue weighted by atomic mass is 16.5. The molecule has 0 unspecified atom stereocenters.